The molecule has 0 spiro atoms. The van der Waals surface area contributed by atoms with Gasteiger partial charge >= 0.3 is 0 Å². The quantitative estimate of drug-likeness (QED) is 0.805. The Hall–Kier alpha value is -2.67. The number of hydrogen-bond acceptors (Lipinski definition) is 5. The summed E-state index contributed by atoms with van der Waals surface area (Å²) < 4.78 is 10.2. The molecule has 3 heterocycles. The van der Waals surface area contributed by atoms with Crippen LogP contribution in [0, 0.1) is 0 Å². The average Bonchev–Trinajstić information content (AvgIpc) is 3.18. The van der Waals surface area contributed by atoms with Crippen molar-refractivity contribution in [2.75, 3.05) is 26.8 Å². The number of pyridine rings is 1. The molecule has 1 N–H and O–H groups in total. The van der Waals surface area contributed by atoms with Gasteiger partial charge in [0, 0.05) is 39.5 Å². The summed E-state index contributed by atoms with van der Waals surface area (Å²) in [5.41, 5.74) is 1.61. The van der Waals surface area contributed by atoms with Gasteiger partial charge in [0.25, 0.3) is 5.91 Å². The molecule has 1 unspecified atom stereocenters. The maximum Gasteiger partial charge on any atom is 0.289 e. The van der Waals surface area contributed by atoms with Crippen LogP contribution >= 0.6 is 0 Å². The van der Waals surface area contributed by atoms with Gasteiger partial charge < -0.3 is 19.4 Å². The molecule has 2 aromatic rings. The minimum absolute atomic E-state index is 0.131. The Balaban J connectivity index is 1.76. The molecule has 0 fully saturated rings. The SMILES string of the molecule is COCCCNC(=O)C1CN(C(=O)c2ccco2)Cc2cccnc21. The highest BCUT2D eigenvalue weighted by Gasteiger charge is 2.34. The molecular formula is C18H21N3O4. The normalized spacial score (nSPS) is 16.4. The number of amides is 2. The van der Waals surface area contributed by atoms with E-state index in [2.05, 4.69) is 10.3 Å². The monoisotopic (exact) mass is 343 g/mol. The van der Waals surface area contributed by atoms with E-state index in [1.807, 2.05) is 12.1 Å². The molecule has 7 heteroatoms. The number of nitrogens with one attached hydrogen (secondary N) is 1. The molecule has 25 heavy (non-hydrogen) atoms. The second-order valence-corrected chi connectivity index (χ2v) is 5.90. The van der Waals surface area contributed by atoms with Crippen molar-refractivity contribution in [3.8, 4) is 0 Å². The molecule has 1 atom stereocenters. The van der Waals surface area contributed by atoms with Crippen molar-refractivity contribution in [3.05, 3.63) is 53.7 Å². The van der Waals surface area contributed by atoms with Gasteiger partial charge in [0.05, 0.1) is 17.9 Å². The lowest BCUT2D eigenvalue weighted by Gasteiger charge is -2.32. The summed E-state index contributed by atoms with van der Waals surface area (Å²) in [4.78, 5) is 31.2. The number of rotatable bonds is 6. The van der Waals surface area contributed by atoms with Gasteiger partial charge in [0.15, 0.2) is 5.76 Å². The van der Waals surface area contributed by atoms with Gasteiger partial charge in [0.2, 0.25) is 5.91 Å². The summed E-state index contributed by atoms with van der Waals surface area (Å²) in [6, 6.07) is 7.01. The van der Waals surface area contributed by atoms with Gasteiger partial charge in [-0.25, -0.2) is 0 Å². The van der Waals surface area contributed by atoms with E-state index < -0.39 is 5.92 Å². The molecule has 0 saturated heterocycles. The fraction of sp³-hybridized carbons (Fsp3) is 0.389. The summed E-state index contributed by atoms with van der Waals surface area (Å²) in [6.45, 7) is 1.80. The summed E-state index contributed by atoms with van der Waals surface area (Å²) >= 11 is 0. The largest absolute Gasteiger partial charge is 0.459 e. The summed E-state index contributed by atoms with van der Waals surface area (Å²) in [5, 5.41) is 2.90. The Morgan fingerprint density at radius 1 is 1.40 bits per heavy atom. The van der Waals surface area contributed by atoms with E-state index in [1.54, 1.807) is 30.3 Å². The Morgan fingerprint density at radius 2 is 2.28 bits per heavy atom. The molecule has 0 aliphatic carbocycles. The lowest BCUT2D eigenvalue weighted by atomic mass is 9.93. The third kappa shape index (κ3) is 3.88. The predicted molar refractivity (Wildman–Crippen MR) is 89.9 cm³/mol. The summed E-state index contributed by atoms with van der Waals surface area (Å²) in [6.07, 6.45) is 3.87. The van der Waals surface area contributed by atoms with Crippen molar-refractivity contribution in [3.63, 3.8) is 0 Å². The van der Waals surface area contributed by atoms with Crippen LogP contribution in [0.2, 0.25) is 0 Å². The Kier molecular flexibility index (Phi) is 5.45. The van der Waals surface area contributed by atoms with Gasteiger partial charge in [-0.1, -0.05) is 6.07 Å². The van der Waals surface area contributed by atoms with Crippen LogP contribution in [-0.2, 0) is 16.1 Å². The lowest BCUT2D eigenvalue weighted by Crippen LogP contribution is -2.44. The number of nitrogens with zero attached hydrogens (tertiary/aromatic N) is 2. The maximum absolute atomic E-state index is 12.6. The number of furan rings is 1. The average molecular weight is 343 g/mol. The van der Waals surface area contributed by atoms with Crippen molar-refractivity contribution in [1.82, 2.24) is 15.2 Å². The van der Waals surface area contributed by atoms with Crippen LogP contribution in [0.5, 0.6) is 0 Å². The van der Waals surface area contributed by atoms with Gasteiger partial charge in [-0.15, -0.1) is 0 Å². The molecule has 2 amide bonds. The zero-order valence-electron chi connectivity index (χ0n) is 14.1. The van der Waals surface area contributed by atoms with Gasteiger partial charge in [-0.2, -0.15) is 0 Å². The van der Waals surface area contributed by atoms with Crippen molar-refractivity contribution < 1.29 is 18.7 Å². The maximum atomic E-state index is 12.6. The molecule has 132 valence electrons. The minimum atomic E-state index is -0.494. The number of methoxy groups -OCH3 is 1. The fourth-order valence-electron chi connectivity index (χ4n) is 2.94. The van der Waals surface area contributed by atoms with E-state index in [0.29, 0.717) is 19.7 Å². The van der Waals surface area contributed by atoms with Crippen LogP contribution in [0.4, 0.5) is 0 Å². The highest BCUT2D eigenvalue weighted by molar-refractivity contribution is 5.93. The number of aromatic nitrogens is 1. The fourth-order valence-corrected chi connectivity index (χ4v) is 2.94. The zero-order valence-corrected chi connectivity index (χ0v) is 14.1. The van der Waals surface area contributed by atoms with Crippen molar-refractivity contribution >= 4 is 11.8 Å². The van der Waals surface area contributed by atoms with Crippen molar-refractivity contribution in [2.24, 2.45) is 0 Å². The highest BCUT2D eigenvalue weighted by Crippen LogP contribution is 2.27. The first-order chi connectivity index (χ1) is 12.2. The van der Waals surface area contributed by atoms with Crippen molar-refractivity contribution in [1.29, 1.82) is 0 Å². The van der Waals surface area contributed by atoms with Crippen LogP contribution in [-0.4, -0.2) is 48.5 Å². The number of fused-ring (bicyclic) bond motifs is 1. The second kappa shape index (κ2) is 7.94. The lowest BCUT2D eigenvalue weighted by molar-refractivity contribution is -0.123. The smallest absolute Gasteiger partial charge is 0.289 e. The Labute approximate surface area is 146 Å². The molecule has 1 aliphatic heterocycles. The number of carbonyl (C=O) groups is 2. The van der Waals surface area contributed by atoms with Crippen LogP contribution < -0.4 is 5.32 Å². The molecule has 0 saturated carbocycles. The molecule has 0 radical (unpaired) electrons. The first-order valence-corrected chi connectivity index (χ1v) is 8.24. The van der Waals surface area contributed by atoms with E-state index in [1.165, 1.54) is 6.26 Å². The molecule has 7 nitrogen and oxygen atoms in total. The molecule has 3 rings (SSSR count). The van der Waals surface area contributed by atoms with E-state index in [0.717, 1.165) is 17.7 Å². The van der Waals surface area contributed by atoms with Gasteiger partial charge in [-0.05, 0) is 30.2 Å². The van der Waals surface area contributed by atoms with Crippen LogP contribution in [0.15, 0.2) is 41.1 Å². The molecule has 0 aromatic carbocycles. The minimum Gasteiger partial charge on any atom is -0.459 e. The topological polar surface area (TPSA) is 84.7 Å². The Bertz CT molecular complexity index is 730. The standard InChI is InChI=1S/C18H21N3O4/c1-24-9-4-8-20-17(22)14-12-21(18(23)15-6-3-10-25-15)11-13-5-2-7-19-16(13)14/h2-3,5-7,10,14H,4,8-9,11-12H2,1H3,(H,20,22). The van der Waals surface area contributed by atoms with Crippen LogP contribution in [0.3, 0.4) is 0 Å². The summed E-state index contributed by atoms with van der Waals surface area (Å²) in [7, 11) is 1.63. The predicted octanol–water partition coefficient (Wildman–Crippen LogP) is 1.57. The third-order valence-corrected chi connectivity index (χ3v) is 4.18. The molecule has 1 aliphatic rings. The van der Waals surface area contributed by atoms with E-state index in [4.69, 9.17) is 9.15 Å². The van der Waals surface area contributed by atoms with Crippen LogP contribution in [0.1, 0.15) is 34.2 Å². The first-order valence-electron chi connectivity index (χ1n) is 8.24. The Morgan fingerprint density at radius 3 is 3.04 bits per heavy atom. The molecular weight excluding hydrogens is 322 g/mol. The second-order valence-electron chi connectivity index (χ2n) is 5.90. The number of hydrogen-bond donors (Lipinski definition) is 1. The zero-order chi connectivity index (χ0) is 17.6. The number of ether oxygens (including phenoxy) is 1. The highest BCUT2D eigenvalue weighted by atomic mass is 16.5. The van der Waals surface area contributed by atoms with Gasteiger partial charge in [0.1, 0.15) is 0 Å². The molecule has 0 bridgehead atoms. The third-order valence-electron chi connectivity index (χ3n) is 4.18. The van der Waals surface area contributed by atoms with Crippen molar-refractivity contribution in [2.45, 2.75) is 18.9 Å². The van der Waals surface area contributed by atoms with E-state index in [-0.39, 0.29) is 24.1 Å². The summed E-state index contributed by atoms with van der Waals surface area (Å²) in [5.74, 6) is -0.581. The number of carbonyl (C=O) groups excluding carboxylic acids is 2. The van der Waals surface area contributed by atoms with Crippen LogP contribution in [0.25, 0.3) is 0 Å². The van der Waals surface area contributed by atoms with Gasteiger partial charge in [-0.3, -0.25) is 14.6 Å². The van der Waals surface area contributed by atoms with E-state index >= 15 is 0 Å². The molecule has 2 aromatic heterocycles. The van der Waals surface area contributed by atoms with E-state index in [9.17, 15) is 9.59 Å². The first kappa shape index (κ1) is 17.2.